The van der Waals surface area contributed by atoms with Crippen molar-refractivity contribution in [1.82, 2.24) is 9.55 Å². The van der Waals surface area contributed by atoms with E-state index in [-0.39, 0.29) is 18.0 Å². The standard InChI is InChI=1S/C7H7N3O2/c1-4-8-6(11)2-5-9-7(12)3-10(4)5/h2H,3H2,1H3,(H,9,12). The lowest BCUT2D eigenvalue weighted by molar-refractivity contribution is -0.115. The number of nitrogens with zero attached hydrogens (tertiary/aromatic N) is 2. The number of fused-ring (bicyclic) bond motifs is 1. The first-order valence-electron chi connectivity index (χ1n) is 3.55. The van der Waals surface area contributed by atoms with Crippen LogP contribution < -0.4 is 10.9 Å². The van der Waals surface area contributed by atoms with E-state index in [2.05, 4.69) is 10.3 Å². The minimum Gasteiger partial charge on any atom is -0.310 e. The van der Waals surface area contributed by atoms with E-state index in [1.165, 1.54) is 6.07 Å². The highest BCUT2D eigenvalue weighted by Gasteiger charge is 2.18. The minimum absolute atomic E-state index is 0.106. The predicted octanol–water partition coefficient (Wildman–Crippen LogP) is -0.496. The Labute approximate surface area is 68.0 Å². The number of hydrogen-bond donors (Lipinski definition) is 1. The number of anilines is 1. The van der Waals surface area contributed by atoms with Crippen LogP contribution in [0.5, 0.6) is 0 Å². The smallest absolute Gasteiger partial charge is 0.275 e. The van der Waals surface area contributed by atoms with Crippen molar-refractivity contribution in [3.8, 4) is 0 Å². The zero-order chi connectivity index (χ0) is 8.72. The van der Waals surface area contributed by atoms with E-state index < -0.39 is 0 Å². The van der Waals surface area contributed by atoms with Gasteiger partial charge in [0.05, 0.1) is 0 Å². The van der Waals surface area contributed by atoms with Crippen molar-refractivity contribution in [1.29, 1.82) is 0 Å². The first-order valence-corrected chi connectivity index (χ1v) is 3.55. The number of nitrogens with one attached hydrogen (secondary N) is 1. The highest BCUT2D eigenvalue weighted by Crippen LogP contribution is 2.12. The van der Waals surface area contributed by atoms with E-state index in [9.17, 15) is 9.59 Å². The van der Waals surface area contributed by atoms with Gasteiger partial charge in [0.15, 0.2) is 0 Å². The number of aryl methyl sites for hydroxylation is 1. The number of carbonyl (C=O) groups is 1. The van der Waals surface area contributed by atoms with Crippen LogP contribution in [0.2, 0.25) is 0 Å². The molecule has 2 rings (SSSR count). The Hall–Kier alpha value is -1.65. The number of amides is 1. The average molecular weight is 165 g/mol. The van der Waals surface area contributed by atoms with Crippen LogP contribution in [0.3, 0.4) is 0 Å². The van der Waals surface area contributed by atoms with Crippen molar-refractivity contribution in [3.05, 3.63) is 22.2 Å². The van der Waals surface area contributed by atoms with Gasteiger partial charge in [0.25, 0.3) is 5.56 Å². The van der Waals surface area contributed by atoms with Crippen molar-refractivity contribution in [2.24, 2.45) is 0 Å². The maximum atomic E-state index is 10.9. The monoisotopic (exact) mass is 165 g/mol. The van der Waals surface area contributed by atoms with Crippen LogP contribution in [-0.4, -0.2) is 15.5 Å². The molecule has 0 unspecified atom stereocenters. The molecule has 0 aliphatic carbocycles. The number of aromatic nitrogens is 2. The molecule has 1 aliphatic heterocycles. The van der Waals surface area contributed by atoms with Crippen LogP contribution in [0.25, 0.3) is 0 Å². The predicted molar refractivity (Wildman–Crippen MR) is 41.9 cm³/mol. The van der Waals surface area contributed by atoms with E-state index in [0.717, 1.165) is 0 Å². The van der Waals surface area contributed by atoms with Gasteiger partial charge in [-0.25, -0.2) is 0 Å². The molecular formula is C7H7N3O2. The van der Waals surface area contributed by atoms with Gasteiger partial charge < -0.3 is 9.88 Å². The van der Waals surface area contributed by atoms with Crippen molar-refractivity contribution in [2.75, 3.05) is 5.32 Å². The maximum absolute atomic E-state index is 10.9. The van der Waals surface area contributed by atoms with Gasteiger partial charge in [-0.3, -0.25) is 9.59 Å². The first kappa shape index (κ1) is 7.02. The Kier molecular flexibility index (Phi) is 1.27. The third-order valence-corrected chi connectivity index (χ3v) is 1.78. The van der Waals surface area contributed by atoms with Crippen LogP contribution in [0.15, 0.2) is 10.9 Å². The Bertz CT molecular complexity index is 408. The van der Waals surface area contributed by atoms with E-state index in [0.29, 0.717) is 11.6 Å². The fourth-order valence-corrected chi connectivity index (χ4v) is 1.25. The summed E-state index contributed by atoms with van der Waals surface area (Å²) in [6.07, 6.45) is 0. The molecule has 0 bridgehead atoms. The molecule has 0 saturated carbocycles. The molecule has 1 aliphatic rings. The van der Waals surface area contributed by atoms with Crippen LogP contribution in [0, 0.1) is 6.92 Å². The summed E-state index contributed by atoms with van der Waals surface area (Å²) in [4.78, 5) is 25.5. The molecule has 0 saturated heterocycles. The molecule has 12 heavy (non-hydrogen) atoms. The third-order valence-electron chi connectivity index (χ3n) is 1.78. The molecule has 0 aromatic carbocycles. The van der Waals surface area contributed by atoms with E-state index in [4.69, 9.17) is 0 Å². The van der Waals surface area contributed by atoms with Crippen LogP contribution in [0.4, 0.5) is 5.82 Å². The van der Waals surface area contributed by atoms with Crippen LogP contribution >= 0.6 is 0 Å². The second kappa shape index (κ2) is 2.17. The maximum Gasteiger partial charge on any atom is 0.275 e. The fraction of sp³-hybridized carbons (Fsp3) is 0.286. The van der Waals surface area contributed by atoms with E-state index in [1.807, 2.05) is 0 Å². The van der Waals surface area contributed by atoms with Crippen molar-refractivity contribution in [3.63, 3.8) is 0 Å². The zero-order valence-electron chi connectivity index (χ0n) is 6.50. The molecule has 5 nitrogen and oxygen atoms in total. The molecule has 0 spiro atoms. The second-order valence-electron chi connectivity index (χ2n) is 2.66. The molecule has 1 aromatic rings. The highest BCUT2D eigenvalue weighted by molar-refractivity contribution is 5.93. The summed E-state index contributed by atoms with van der Waals surface area (Å²) in [6.45, 7) is 1.96. The summed E-state index contributed by atoms with van der Waals surface area (Å²) in [7, 11) is 0. The molecule has 2 heterocycles. The normalized spacial score (nSPS) is 14.2. The quantitative estimate of drug-likeness (QED) is 0.563. The van der Waals surface area contributed by atoms with Crippen molar-refractivity contribution >= 4 is 11.7 Å². The lowest BCUT2D eigenvalue weighted by Gasteiger charge is -2.02. The Morgan fingerprint density at radius 2 is 2.33 bits per heavy atom. The second-order valence-corrected chi connectivity index (χ2v) is 2.66. The molecule has 62 valence electrons. The molecule has 1 N–H and O–H groups in total. The van der Waals surface area contributed by atoms with Crippen LogP contribution in [-0.2, 0) is 11.3 Å². The van der Waals surface area contributed by atoms with E-state index in [1.54, 1.807) is 11.5 Å². The summed E-state index contributed by atoms with van der Waals surface area (Å²) < 4.78 is 1.67. The van der Waals surface area contributed by atoms with Gasteiger partial charge in [0, 0.05) is 6.07 Å². The summed E-state index contributed by atoms with van der Waals surface area (Å²) in [5, 5.41) is 2.56. The van der Waals surface area contributed by atoms with Gasteiger partial charge in [0.2, 0.25) is 5.91 Å². The molecular weight excluding hydrogens is 158 g/mol. The molecule has 0 radical (unpaired) electrons. The minimum atomic E-state index is -0.319. The molecule has 0 fully saturated rings. The third kappa shape index (κ3) is 0.903. The Balaban J connectivity index is 2.67. The Morgan fingerprint density at radius 1 is 1.58 bits per heavy atom. The van der Waals surface area contributed by atoms with Gasteiger partial charge in [-0.2, -0.15) is 4.98 Å². The highest BCUT2D eigenvalue weighted by atomic mass is 16.2. The summed E-state index contributed by atoms with van der Waals surface area (Å²) >= 11 is 0. The van der Waals surface area contributed by atoms with Crippen molar-refractivity contribution in [2.45, 2.75) is 13.5 Å². The summed E-state index contributed by atoms with van der Waals surface area (Å²) in [5.74, 6) is 0.999. The largest absolute Gasteiger partial charge is 0.310 e. The van der Waals surface area contributed by atoms with Gasteiger partial charge in [-0.05, 0) is 6.92 Å². The number of hydrogen-bond acceptors (Lipinski definition) is 3. The molecule has 5 heteroatoms. The van der Waals surface area contributed by atoms with Gasteiger partial charge >= 0.3 is 0 Å². The fourth-order valence-electron chi connectivity index (χ4n) is 1.25. The van der Waals surface area contributed by atoms with Gasteiger partial charge in [0.1, 0.15) is 18.2 Å². The molecule has 1 aromatic heterocycles. The number of rotatable bonds is 0. The topological polar surface area (TPSA) is 64.0 Å². The van der Waals surface area contributed by atoms with Gasteiger partial charge in [-0.1, -0.05) is 0 Å². The van der Waals surface area contributed by atoms with Crippen LogP contribution in [0.1, 0.15) is 5.82 Å². The number of carbonyl (C=O) groups excluding carboxylic acids is 1. The van der Waals surface area contributed by atoms with E-state index >= 15 is 0 Å². The zero-order valence-corrected chi connectivity index (χ0v) is 6.50. The van der Waals surface area contributed by atoms with Crippen molar-refractivity contribution < 1.29 is 4.79 Å². The first-order chi connectivity index (χ1) is 5.66. The van der Waals surface area contributed by atoms with Gasteiger partial charge in [-0.15, -0.1) is 0 Å². The lowest BCUT2D eigenvalue weighted by Crippen LogP contribution is -2.12. The Morgan fingerprint density at radius 3 is 3.08 bits per heavy atom. The molecule has 1 amide bonds. The molecule has 0 atom stereocenters. The average Bonchev–Trinajstić information content (AvgIpc) is 2.29. The SMILES string of the molecule is Cc1nc(=O)cc2n1CC(=O)N2. The summed E-state index contributed by atoms with van der Waals surface area (Å²) in [6, 6.07) is 1.32. The summed E-state index contributed by atoms with van der Waals surface area (Å²) in [5.41, 5.74) is -0.319. The lowest BCUT2D eigenvalue weighted by atomic mass is 10.5.